The molecule has 0 aliphatic heterocycles. The number of hydrogen-bond donors (Lipinski definition) is 2. The number of fused-ring (bicyclic) bond motifs is 1. The van der Waals surface area contributed by atoms with Crippen molar-refractivity contribution in [3.8, 4) is 5.75 Å². The summed E-state index contributed by atoms with van der Waals surface area (Å²) in [6.07, 6.45) is 6.59. The lowest BCUT2D eigenvalue weighted by molar-refractivity contribution is 0.0909. The number of benzene rings is 1. The van der Waals surface area contributed by atoms with Crippen molar-refractivity contribution >= 4 is 11.6 Å². The molecule has 0 saturated heterocycles. The average Bonchev–Trinajstić information content (AvgIpc) is 3.13. The van der Waals surface area contributed by atoms with E-state index in [-0.39, 0.29) is 19.1 Å². The third-order valence-electron chi connectivity index (χ3n) is 4.70. The first-order valence-electron chi connectivity index (χ1n) is 9.48. The van der Waals surface area contributed by atoms with Crippen LogP contribution in [-0.2, 0) is 6.61 Å². The van der Waals surface area contributed by atoms with Gasteiger partial charge in [0, 0.05) is 24.2 Å². The van der Waals surface area contributed by atoms with Gasteiger partial charge in [-0.2, -0.15) is 0 Å². The van der Waals surface area contributed by atoms with Gasteiger partial charge in [-0.05, 0) is 24.6 Å². The fourth-order valence-corrected chi connectivity index (χ4v) is 3.25. The van der Waals surface area contributed by atoms with Crippen LogP contribution in [0.4, 0.5) is 0 Å². The molecule has 1 amide bonds. The summed E-state index contributed by atoms with van der Waals surface area (Å²) < 4.78 is 7.59. The molecule has 3 heterocycles. The highest BCUT2D eigenvalue weighted by Gasteiger charge is 2.22. The SMILES string of the molecule is Cc1nc2c(OCc3cncnc3)cccn2c1C(=O)N[C@@H](CO)c1ccccc1. The molecule has 0 bridgehead atoms. The van der Waals surface area contributed by atoms with Crippen molar-refractivity contribution in [2.24, 2.45) is 0 Å². The molecule has 8 nitrogen and oxygen atoms in total. The smallest absolute Gasteiger partial charge is 0.270 e. The summed E-state index contributed by atoms with van der Waals surface area (Å²) in [4.78, 5) is 25.5. The summed E-state index contributed by atoms with van der Waals surface area (Å²) in [6.45, 7) is 1.85. The first-order chi connectivity index (χ1) is 14.7. The van der Waals surface area contributed by atoms with Crippen LogP contribution in [0.5, 0.6) is 5.75 Å². The van der Waals surface area contributed by atoms with Gasteiger partial charge in [0.05, 0.1) is 18.3 Å². The molecule has 8 heteroatoms. The summed E-state index contributed by atoms with van der Waals surface area (Å²) in [6, 6.07) is 12.4. The molecule has 0 aliphatic carbocycles. The number of imidazole rings is 1. The number of aromatic nitrogens is 4. The third kappa shape index (κ3) is 3.99. The lowest BCUT2D eigenvalue weighted by Crippen LogP contribution is -2.32. The molecule has 0 spiro atoms. The van der Waals surface area contributed by atoms with Gasteiger partial charge in [-0.15, -0.1) is 0 Å². The van der Waals surface area contributed by atoms with Gasteiger partial charge in [0.15, 0.2) is 11.4 Å². The highest BCUT2D eigenvalue weighted by Crippen LogP contribution is 2.23. The molecule has 4 rings (SSSR count). The van der Waals surface area contributed by atoms with E-state index in [4.69, 9.17) is 4.74 Å². The zero-order chi connectivity index (χ0) is 20.9. The first-order valence-corrected chi connectivity index (χ1v) is 9.48. The van der Waals surface area contributed by atoms with E-state index in [1.807, 2.05) is 30.3 Å². The summed E-state index contributed by atoms with van der Waals surface area (Å²) in [5.74, 6) is 0.224. The number of hydrogen-bond acceptors (Lipinski definition) is 6. The van der Waals surface area contributed by atoms with Crippen LogP contribution in [0, 0.1) is 6.92 Å². The number of pyridine rings is 1. The zero-order valence-electron chi connectivity index (χ0n) is 16.4. The average molecular weight is 403 g/mol. The number of rotatable bonds is 7. The number of nitrogens with zero attached hydrogens (tertiary/aromatic N) is 4. The van der Waals surface area contributed by atoms with Gasteiger partial charge in [0.2, 0.25) is 0 Å². The second kappa shape index (κ2) is 8.71. The van der Waals surface area contributed by atoms with Crippen LogP contribution in [0.1, 0.15) is 33.4 Å². The third-order valence-corrected chi connectivity index (χ3v) is 4.70. The van der Waals surface area contributed by atoms with Gasteiger partial charge in [-0.25, -0.2) is 15.0 Å². The highest BCUT2D eigenvalue weighted by atomic mass is 16.5. The summed E-state index contributed by atoms with van der Waals surface area (Å²) in [5.41, 5.74) is 3.16. The number of nitrogens with one attached hydrogen (secondary N) is 1. The molecule has 1 aromatic carbocycles. The van der Waals surface area contributed by atoms with Crippen molar-refractivity contribution < 1.29 is 14.6 Å². The van der Waals surface area contributed by atoms with Crippen molar-refractivity contribution in [3.63, 3.8) is 0 Å². The van der Waals surface area contributed by atoms with Gasteiger partial charge in [0.1, 0.15) is 18.6 Å². The number of amides is 1. The molecule has 1 atom stereocenters. The number of aliphatic hydroxyl groups is 1. The molecule has 152 valence electrons. The van der Waals surface area contributed by atoms with Gasteiger partial charge >= 0.3 is 0 Å². The molecule has 0 radical (unpaired) electrons. The monoisotopic (exact) mass is 403 g/mol. The van der Waals surface area contributed by atoms with Crippen LogP contribution < -0.4 is 10.1 Å². The maximum Gasteiger partial charge on any atom is 0.270 e. The maximum atomic E-state index is 13.0. The largest absolute Gasteiger partial charge is 0.485 e. The Kier molecular flexibility index (Phi) is 5.67. The van der Waals surface area contributed by atoms with Crippen LogP contribution in [0.15, 0.2) is 67.4 Å². The Morgan fingerprint density at radius 1 is 1.17 bits per heavy atom. The molecular formula is C22H21N5O3. The van der Waals surface area contributed by atoms with E-state index in [0.717, 1.165) is 11.1 Å². The molecule has 0 unspecified atom stereocenters. The van der Waals surface area contributed by atoms with Crippen LogP contribution in [-0.4, -0.2) is 37.0 Å². The minimum Gasteiger partial charge on any atom is -0.485 e. The summed E-state index contributed by atoms with van der Waals surface area (Å²) >= 11 is 0. The van der Waals surface area contributed by atoms with Crippen LogP contribution in [0.2, 0.25) is 0 Å². The minimum atomic E-state index is -0.513. The van der Waals surface area contributed by atoms with Crippen LogP contribution in [0.3, 0.4) is 0 Å². The first kappa shape index (κ1) is 19.5. The van der Waals surface area contributed by atoms with E-state index < -0.39 is 6.04 Å². The second-order valence-corrected chi connectivity index (χ2v) is 6.77. The Bertz CT molecular complexity index is 1150. The van der Waals surface area contributed by atoms with E-state index in [2.05, 4.69) is 20.3 Å². The van der Waals surface area contributed by atoms with E-state index in [9.17, 15) is 9.90 Å². The Balaban J connectivity index is 1.60. The van der Waals surface area contributed by atoms with Crippen molar-refractivity contribution in [2.45, 2.75) is 19.6 Å². The van der Waals surface area contributed by atoms with E-state index in [1.165, 1.54) is 6.33 Å². The molecule has 0 fully saturated rings. The standard InChI is InChI=1S/C22H21N5O3/c1-15-20(22(29)26-18(12-28)17-6-3-2-4-7-17)27-9-5-8-19(21(27)25-15)30-13-16-10-23-14-24-11-16/h2-11,14,18,28H,12-13H2,1H3,(H,26,29)/t18-/m0/s1. The summed E-state index contributed by atoms with van der Waals surface area (Å²) in [7, 11) is 0. The molecule has 4 aromatic rings. The van der Waals surface area contributed by atoms with Crippen LogP contribution >= 0.6 is 0 Å². The lowest BCUT2D eigenvalue weighted by Gasteiger charge is -2.17. The maximum absolute atomic E-state index is 13.0. The van der Waals surface area contributed by atoms with Crippen molar-refractivity contribution in [1.29, 1.82) is 0 Å². The van der Waals surface area contributed by atoms with Crippen molar-refractivity contribution in [1.82, 2.24) is 24.7 Å². The molecule has 0 aliphatic rings. The lowest BCUT2D eigenvalue weighted by atomic mass is 10.1. The molecule has 30 heavy (non-hydrogen) atoms. The molecular weight excluding hydrogens is 382 g/mol. The van der Waals surface area contributed by atoms with E-state index in [1.54, 1.807) is 42.0 Å². The molecule has 3 aromatic heterocycles. The number of carbonyl (C=O) groups is 1. The van der Waals surface area contributed by atoms with Crippen LogP contribution in [0.25, 0.3) is 5.65 Å². The fourth-order valence-electron chi connectivity index (χ4n) is 3.25. The minimum absolute atomic E-state index is 0.209. The highest BCUT2D eigenvalue weighted by molar-refractivity contribution is 5.95. The molecule has 0 saturated carbocycles. The Labute approximate surface area is 173 Å². The quantitative estimate of drug-likeness (QED) is 0.492. The topological polar surface area (TPSA) is 102 Å². The predicted molar refractivity (Wildman–Crippen MR) is 110 cm³/mol. The second-order valence-electron chi connectivity index (χ2n) is 6.77. The Morgan fingerprint density at radius 3 is 2.67 bits per heavy atom. The van der Waals surface area contributed by atoms with E-state index in [0.29, 0.717) is 22.8 Å². The Morgan fingerprint density at radius 2 is 1.93 bits per heavy atom. The van der Waals surface area contributed by atoms with E-state index >= 15 is 0 Å². The van der Waals surface area contributed by atoms with Gasteiger partial charge < -0.3 is 15.2 Å². The number of ether oxygens (including phenoxy) is 1. The van der Waals surface area contributed by atoms with Crippen molar-refractivity contribution in [3.05, 3.63) is 89.9 Å². The Hall–Kier alpha value is -3.78. The zero-order valence-corrected chi connectivity index (χ0v) is 16.4. The molecule has 2 N–H and O–H groups in total. The van der Waals surface area contributed by atoms with Gasteiger partial charge in [-0.1, -0.05) is 30.3 Å². The number of aryl methyl sites for hydroxylation is 1. The van der Waals surface area contributed by atoms with Gasteiger partial charge in [0.25, 0.3) is 5.91 Å². The fraction of sp³-hybridized carbons (Fsp3) is 0.182. The number of carbonyl (C=O) groups excluding carboxylic acids is 1. The van der Waals surface area contributed by atoms with Crippen molar-refractivity contribution in [2.75, 3.05) is 6.61 Å². The van der Waals surface area contributed by atoms with Gasteiger partial charge in [-0.3, -0.25) is 9.20 Å². The predicted octanol–water partition coefficient (Wildman–Crippen LogP) is 2.48. The summed E-state index contributed by atoms with van der Waals surface area (Å²) in [5, 5.41) is 12.7. The normalized spacial score (nSPS) is 11.9. The number of aliphatic hydroxyl groups excluding tert-OH is 1.